The maximum Gasteiger partial charge on any atom is 0.319 e. The van der Waals surface area contributed by atoms with Crippen LogP contribution in [-0.4, -0.2) is 6.03 Å². The average molecular weight is 301 g/mol. The van der Waals surface area contributed by atoms with Gasteiger partial charge in [-0.15, -0.1) is 0 Å². The predicted molar refractivity (Wildman–Crippen MR) is 85.5 cm³/mol. The van der Waals surface area contributed by atoms with Crippen molar-refractivity contribution >= 4 is 23.3 Å². The smallest absolute Gasteiger partial charge is 0.319 e. The van der Waals surface area contributed by atoms with Gasteiger partial charge in [0.15, 0.2) is 0 Å². The molecule has 1 aliphatic rings. The maximum absolute atomic E-state index is 12.2. The van der Waals surface area contributed by atoms with Gasteiger partial charge in [0.1, 0.15) is 0 Å². The van der Waals surface area contributed by atoms with Crippen molar-refractivity contribution in [1.82, 2.24) is 5.32 Å². The topological polar surface area (TPSA) is 41.1 Å². The van der Waals surface area contributed by atoms with Crippen LogP contribution in [0, 0.1) is 5.92 Å². The number of rotatable bonds is 4. The van der Waals surface area contributed by atoms with Gasteiger partial charge in [0, 0.05) is 10.7 Å². The Bertz CT molecular complexity index is 626. The lowest BCUT2D eigenvalue weighted by Crippen LogP contribution is -2.33. The van der Waals surface area contributed by atoms with Gasteiger partial charge in [-0.1, -0.05) is 48.0 Å². The molecule has 3 rings (SSSR count). The van der Waals surface area contributed by atoms with Gasteiger partial charge in [-0.25, -0.2) is 4.79 Å². The number of nitrogens with one attached hydrogen (secondary N) is 2. The van der Waals surface area contributed by atoms with E-state index < -0.39 is 0 Å². The van der Waals surface area contributed by atoms with E-state index in [2.05, 4.69) is 22.8 Å². The van der Waals surface area contributed by atoms with Crippen molar-refractivity contribution in [2.24, 2.45) is 5.92 Å². The lowest BCUT2D eigenvalue weighted by Gasteiger charge is -2.19. The number of benzene rings is 2. The summed E-state index contributed by atoms with van der Waals surface area (Å²) >= 11 is 5.92. The molecular formula is C17H17ClN2O. The summed E-state index contributed by atoms with van der Waals surface area (Å²) in [6.45, 7) is 0. The third-order valence-corrected chi connectivity index (χ3v) is 3.86. The van der Waals surface area contributed by atoms with Gasteiger partial charge in [-0.2, -0.15) is 0 Å². The van der Waals surface area contributed by atoms with Gasteiger partial charge in [-0.3, -0.25) is 0 Å². The first-order valence-electron chi connectivity index (χ1n) is 7.10. The first-order valence-corrected chi connectivity index (χ1v) is 7.48. The van der Waals surface area contributed by atoms with Crippen LogP contribution >= 0.6 is 11.6 Å². The second-order valence-corrected chi connectivity index (χ2v) is 5.77. The Morgan fingerprint density at radius 2 is 1.86 bits per heavy atom. The van der Waals surface area contributed by atoms with Gasteiger partial charge in [0.05, 0.1) is 6.04 Å². The van der Waals surface area contributed by atoms with E-state index in [1.807, 2.05) is 30.3 Å². The van der Waals surface area contributed by atoms with Crippen molar-refractivity contribution < 1.29 is 4.79 Å². The van der Waals surface area contributed by atoms with E-state index in [-0.39, 0.29) is 12.1 Å². The number of hydrogen-bond acceptors (Lipinski definition) is 1. The quantitative estimate of drug-likeness (QED) is 0.850. The van der Waals surface area contributed by atoms with Crippen LogP contribution in [0.2, 0.25) is 5.02 Å². The standard InChI is InChI=1S/C17H17ClN2O/c18-14-7-4-8-15(11-14)19-17(21)20-16(13-9-10-13)12-5-2-1-3-6-12/h1-8,11,13,16H,9-10H2,(H2,19,20,21). The molecule has 2 aromatic rings. The fourth-order valence-corrected chi connectivity index (χ4v) is 2.63. The number of halogens is 1. The Hall–Kier alpha value is -2.00. The van der Waals surface area contributed by atoms with Crippen molar-refractivity contribution in [1.29, 1.82) is 0 Å². The van der Waals surface area contributed by atoms with Crippen LogP contribution < -0.4 is 10.6 Å². The Morgan fingerprint density at radius 3 is 2.52 bits per heavy atom. The highest BCUT2D eigenvalue weighted by Crippen LogP contribution is 2.40. The Balaban J connectivity index is 1.67. The second-order valence-electron chi connectivity index (χ2n) is 5.33. The number of amides is 2. The molecule has 0 heterocycles. The Kier molecular flexibility index (Phi) is 4.11. The van der Waals surface area contributed by atoms with Gasteiger partial charge < -0.3 is 10.6 Å². The number of carbonyl (C=O) groups is 1. The lowest BCUT2D eigenvalue weighted by molar-refractivity contribution is 0.247. The summed E-state index contributed by atoms with van der Waals surface area (Å²) in [5.74, 6) is 0.539. The molecular weight excluding hydrogens is 284 g/mol. The number of anilines is 1. The molecule has 21 heavy (non-hydrogen) atoms. The van der Waals surface area contributed by atoms with Crippen LogP contribution in [0.15, 0.2) is 54.6 Å². The zero-order valence-corrected chi connectivity index (χ0v) is 12.3. The highest BCUT2D eigenvalue weighted by Gasteiger charge is 2.33. The largest absolute Gasteiger partial charge is 0.331 e. The predicted octanol–water partition coefficient (Wildman–Crippen LogP) is 4.61. The summed E-state index contributed by atoms with van der Waals surface area (Å²) in [5, 5.41) is 6.51. The van der Waals surface area contributed by atoms with E-state index in [9.17, 15) is 4.79 Å². The molecule has 1 fully saturated rings. The van der Waals surface area contributed by atoms with Gasteiger partial charge in [0.2, 0.25) is 0 Å². The molecule has 4 heteroatoms. The molecule has 0 spiro atoms. The summed E-state index contributed by atoms with van der Waals surface area (Å²) in [7, 11) is 0. The molecule has 1 saturated carbocycles. The summed E-state index contributed by atoms with van der Waals surface area (Å²) in [4.78, 5) is 12.2. The van der Waals surface area contributed by atoms with E-state index in [4.69, 9.17) is 11.6 Å². The third-order valence-electron chi connectivity index (χ3n) is 3.62. The highest BCUT2D eigenvalue weighted by atomic mass is 35.5. The van der Waals surface area contributed by atoms with Crippen molar-refractivity contribution in [3.05, 3.63) is 65.2 Å². The van der Waals surface area contributed by atoms with Gasteiger partial charge >= 0.3 is 6.03 Å². The van der Waals surface area contributed by atoms with E-state index >= 15 is 0 Å². The van der Waals surface area contributed by atoms with Crippen molar-refractivity contribution in [2.75, 3.05) is 5.32 Å². The van der Waals surface area contributed by atoms with E-state index in [1.165, 1.54) is 0 Å². The molecule has 2 N–H and O–H groups in total. The number of carbonyl (C=O) groups excluding carboxylic acids is 1. The van der Waals surface area contributed by atoms with Crippen molar-refractivity contribution in [3.8, 4) is 0 Å². The molecule has 0 saturated heterocycles. The van der Waals surface area contributed by atoms with E-state index in [1.54, 1.807) is 12.1 Å². The van der Waals surface area contributed by atoms with Crippen LogP contribution in [-0.2, 0) is 0 Å². The molecule has 2 aromatic carbocycles. The third kappa shape index (κ3) is 3.76. The SMILES string of the molecule is O=C(Nc1cccc(Cl)c1)NC(c1ccccc1)C1CC1. The minimum Gasteiger partial charge on any atom is -0.331 e. The summed E-state index contributed by atoms with van der Waals surface area (Å²) < 4.78 is 0. The first-order chi connectivity index (χ1) is 10.2. The molecule has 1 aliphatic carbocycles. The van der Waals surface area contributed by atoms with Crippen molar-refractivity contribution in [2.45, 2.75) is 18.9 Å². The molecule has 3 nitrogen and oxygen atoms in total. The van der Waals surface area contributed by atoms with Crippen molar-refractivity contribution in [3.63, 3.8) is 0 Å². The fraction of sp³-hybridized carbons (Fsp3) is 0.235. The molecule has 108 valence electrons. The fourth-order valence-electron chi connectivity index (χ4n) is 2.44. The number of hydrogen-bond donors (Lipinski definition) is 2. The summed E-state index contributed by atoms with van der Waals surface area (Å²) in [6, 6.07) is 17.1. The average Bonchev–Trinajstić information content (AvgIpc) is 3.30. The van der Waals surface area contributed by atoms with Crippen LogP contribution in [0.4, 0.5) is 10.5 Å². The summed E-state index contributed by atoms with van der Waals surface area (Å²) in [6.07, 6.45) is 2.33. The molecule has 0 aliphatic heterocycles. The lowest BCUT2D eigenvalue weighted by atomic mass is 10.0. The summed E-state index contributed by atoms with van der Waals surface area (Å²) in [5.41, 5.74) is 1.85. The maximum atomic E-state index is 12.2. The molecule has 1 atom stereocenters. The zero-order chi connectivity index (χ0) is 14.7. The van der Waals surface area contributed by atoms with E-state index in [0.29, 0.717) is 16.6 Å². The molecule has 1 unspecified atom stereocenters. The number of urea groups is 1. The molecule has 2 amide bonds. The monoisotopic (exact) mass is 300 g/mol. The van der Waals surface area contributed by atoms with Gasteiger partial charge in [0.25, 0.3) is 0 Å². The second kappa shape index (κ2) is 6.19. The first kappa shape index (κ1) is 14.0. The van der Waals surface area contributed by atoms with Gasteiger partial charge in [-0.05, 0) is 42.5 Å². The minimum absolute atomic E-state index is 0.0744. The van der Waals surface area contributed by atoms with E-state index in [0.717, 1.165) is 18.4 Å². The molecule has 0 aromatic heterocycles. The van der Waals surface area contributed by atoms with Crippen LogP contribution in [0.5, 0.6) is 0 Å². The molecule has 0 radical (unpaired) electrons. The Morgan fingerprint density at radius 1 is 1.10 bits per heavy atom. The Labute approximate surface area is 129 Å². The van der Waals surface area contributed by atoms with Crippen LogP contribution in [0.1, 0.15) is 24.4 Å². The zero-order valence-electron chi connectivity index (χ0n) is 11.6. The van der Waals surface area contributed by atoms with Crippen LogP contribution in [0.25, 0.3) is 0 Å². The minimum atomic E-state index is -0.196. The normalized spacial score (nSPS) is 15.3. The van der Waals surface area contributed by atoms with Crippen LogP contribution in [0.3, 0.4) is 0 Å². The molecule has 0 bridgehead atoms. The highest BCUT2D eigenvalue weighted by molar-refractivity contribution is 6.30.